The number of amides is 1. The zero-order valence-corrected chi connectivity index (χ0v) is 14.4. The van der Waals surface area contributed by atoms with Gasteiger partial charge in [-0.1, -0.05) is 23.2 Å². The molecule has 0 bridgehead atoms. The average Bonchev–Trinajstić information content (AvgIpc) is 2.88. The Hall–Kier alpha value is -1.98. The second-order valence-electron chi connectivity index (χ2n) is 5.70. The summed E-state index contributed by atoms with van der Waals surface area (Å²) in [7, 11) is 0. The third-order valence-corrected chi connectivity index (χ3v) is 3.13. The number of hydrogen-bond acceptors (Lipinski definition) is 4. The summed E-state index contributed by atoms with van der Waals surface area (Å²) in [5, 5.41) is 4.86. The van der Waals surface area contributed by atoms with Crippen molar-refractivity contribution in [1.82, 2.24) is 5.43 Å². The van der Waals surface area contributed by atoms with Gasteiger partial charge >= 0.3 is 6.09 Å². The predicted octanol–water partition coefficient (Wildman–Crippen LogP) is 5.11. The van der Waals surface area contributed by atoms with Crippen LogP contribution in [-0.4, -0.2) is 17.9 Å². The van der Waals surface area contributed by atoms with Gasteiger partial charge in [-0.15, -0.1) is 0 Å². The van der Waals surface area contributed by atoms with Gasteiger partial charge in [-0.25, -0.2) is 10.2 Å². The average molecular weight is 355 g/mol. The van der Waals surface area contributed by atoms with Crippen molar-refractivity contribution < 1.29 is 13.9 Å². The Balaban J connectivity index is 2.04. The number of hydrazone groups is 1. The van der Waals surface area contributed by atoms with Crippen LogP contribution in [0.3, 0.4) is 0 Å². The summed E-state index contributed by atoms with van der Waals surface area (Å²) >= 11 is 12.1. The van der Waals surface area contributed by atoms with Gasteiger partial charge < -0.3 is 9.15 Å². The van der Waals surface area contributed by atoms with Crippen LogP contribution in [0.1, 0.15) is 26.5 Å². The van der Waals surface area contributed by atoms with Crippen molar-refractivity contribution in [3.63, 3.8) is 0 Å². The highest BCUT2D eigenvalue weighted by Crippen LogP contribution is 2.31. The first kappa shape index (κ1) is 17.4. The summed E-state index contributed by atoms with van der Waals surface area (Å²) in [6.07, 6.45) is 0.727. The molecule has 2 aromatic rings. The number of furan rings is 1. The Morgan fingerprint density at radius 2 is 2.00 bits per heavy atom. The third-order valence-electron chi connectivity index (χ3n) is 2.57. The number of halogens is 2. The van der Waals surface area contributed by atoms with Crippen molar-refractivity contribution >= 4 is 35.5 Å². The summed E-state index contributed by atoms with van der Waals surface area (Å²) < 4.78 is 10.7. The van der Waals surface area contributed by atoms with Gasteiger partial charge in [-0.2, -0.15) is 5.10 Å². The van der Waals surface area contributed by atoms with E-state index >= 15 is 0 Å². The lowest BCUT2D eigenvalue weighted by atomic mass is 10.2. The molecule has 0 aliphatic rings. The van der Waals surface area contributed by atoms with E-state index in [4.69, 9.17) is 32.4 Å². The minimum absolute atomic E-state index is 0.451. The van der Waals surface area contributed by atoms with E-state index in [2.05, 4.69) is 10.5 Å². The highest BCUT2D eigenvalue weighted by atomic mass is 35.5. The van der Waals surface area contributed by atoms with E-state index in [1.54, 1.807) is 51.1 Å². The minimum atomic E-state index is -0.640. The summed E-state index contributed by atoms with van der Waals surface area (Å²) in [5.41, 5.74) is 2.36. The summed E-state index contributed by atoms with van der Waals surface area (Å²) in [6, 6.07) is 8.55. The molecule has 7 heteroatoms. The van der Waals surface area contributed by atoms with E-state index in [0.29, 0.717) is 27.1 Å². The molecule has 0 fully saturated rings. The van der Waals surface area contributed by atoms with Crippen molar-refractivity contribution in [2.45, 2.75) is 26.4 Å². The lowest BCUT2D eigenvalue weighted by Gasteiger charge is -2.18. The molecule has 0 unspecified atom stereocenters. The number of ether oxygens (including phenoxy) is 1. The molecule has 0 radical (unpaired) electrons. The van der Waals surface area contributed by atoms with Gasteiger partial charge in [0, 0.05) is 10.6 Å². The number of benzene rings is 1. The summed E-state index contributed by atoms with van der Waals surface area (Å²) in [6.45, 7) is 5.30. The van der Waals surface area contributed by atoms with Gasteiger partial charge in [-0.05, 0) is 51.1 Å². The highest BCUT2D eigenvalue weighted by molar-refractivity contribution is 6.35. The molecule has 0 atom stereocenters. The molecular weight excluding hydrogens is 339 g/mol. The molecule has 0 spiro atoms. The van der Waals surface area contributed by atoms with E-state index in [0.717, 1.165) is 0 Å². The fourth-order valence-electron chi connectivity index (χ4n) is 1.70. The molecule has 5 nitrogen and oxygen atoms in total. The molecule has 1 N–H and O–H groups in total. The molecule has 1 aromatic heterocycles. The fourth-order valence-corrected chi connectivity index (χ4v) is 2.09. The first-order chi connectivity index (χ1) is 10.7. The number of hydrogen-bond donors (Lipinski definition) is 1. The molecule has 1 amide bonds. The largest absolute Gasteiger partial charge is 0.455 e. The highest BCUT2D eigenvalue weighted by Gasteiger charge is 2.15. The maximum Gasteiger partial charge on any atom is 0.428 e. The second-order valence-corrected chi connectivity index (χ2v) is 6.54. The summed E-state index contributed by atoms with van der Waals surface area (Å²) in [4.78, 5) is 11.4. The topological polar surface area (TPSA) is 63.8 Å². The van der Waals surface area contributed by atoms with Crippen LogP contribution in [0.15, 0.2) is 39.9 Å². The second kappa shape index (κ2) is 7.06. The number of carbonyl (C=O) groups excluding carboxylic acids is 1. The fraction of sp³-hybridized carbons (Fsp3) is 0.250. The van der Waals surface area contributed by atoms with E-state index < -0.39 is 11.7 Å². The summed E-state index contributed by atoms with van der Waals surface area (Å²) in [5.74, 6) is 1.00. The molecule has 2 rings (SSSR count). The normalized spacial score (nSPS) is 11.7. The van der Waals surface area contributed by atoms with Gasteiger partial charge in [0.15, 0.2) is 0 Å². The van der Waals surface area contributed by atoms with Crippen LogP contribution < -0.4 is 5.43 Å². The lowest BCUT2D eigenvalue weighted by Crippen LogP contribution is -2.29. The molecule has 23 heavy (non-hydrogen) atoms. The van der Waals surface area contributed by atoms with Crippen LogP contribution in [-0.2, 0) is 4.74 Å². The van der Waals surface area contributed by atoms with Crippen LogP contribution in [0.4, 0.5) is 4.79 Å². The van der Waals surface area contributed by atoms with Gasteiger partial charge in [0.2, 0.25) is 0 Å². The Morgan fingerprint density at radius 1 is 1.26 bits per heavy atom. The van der Waals surface area contributed by atoms with Crippen LogP contribution >= 0.6 is 23.2 Å². The SMILES string of the molecule is CC(C)(C)OC(=O)N/N=C\c1ccc(-c2cc(Cl)ccc2Cl)o1. The first-order valence-electron chi connectivity index (χ1n) is 6.82. The van der Waals surface area contributed by atoms with Crippen LogP contribution in [0, 0.1) is 0 Å². The molecule has 1 heterocycles. The number of nitrogens with one attached hydrogen (secondary N) is 1. The van der Waals surface area contributed by atoms with Crippen molar-refractivity contribution in [2.75, 3.05) is 0 Å². The van der Waals surface area contributed by atoms with Gasteiger partial charge in [0.25, 0.3) is 0 Å². The standard InChI is InChI=1S/C16H16Cl2N2O3/c1-16(2,3)23-15(21)20-19-9-11-5-7-14(22-11)12-8-10(17)4-6-13(12)18/h4-9H,1-3H3,(H,20,21)/b19-9-. The van der Waals surface area contributed by atoms with Crippen molar-refractivity contribution in [3.05, 3.63) is 46.1 Å². The number of carbonyl (C=O) groups is 1. The number of rotatable bonds is 3. The number of nitrogens with zero attached hydrogens (tertiary/aromatic N) is 1. The third kappa shape index (κ3) is 5.30. The Bertz CT molecular complexity index is 733. The predicted molar refractivity (Wildman–Crippen MR) is 91.1 cm³/mol. The monoisotopic (exact) mass is 354 g/mol. The first-order valence-corrected chi connectivity index (χ1v) is 7.57. The molecule has 0 aliphatic carbocycles. The van der Waals surface area contributed by atoms with Crippen LogP contribution in [0.25, 0.3) is 11.3 Å². The van der Waals surface area contributed by atoms with E-state index in [1.807, 2.05) is 0 Å². The molecule has 0 saturated carbocycles. The maximum atomic E-state index is 11.4. The smallest absolute Gasteiger partial charge is 0.428 e. The van der Waals surface area contributed by atoms with E-state index in [-0.39, 0.29) is 0 Å². The van der Waals surface area contributed by atoms with Crippen LogP contribution in [0.2, 0.25) is 10.0 Å². The van der Waals surface area contributed by atoms with Crippen molar-refractivity contribution in [1.29, 1.82) is 0 Å². The van der Waals surface area contributed by atoms with Crippen molar-refractivity contribution in [3.8, 4) is 11.3 Å². The lowest BCUT2D eigenvalue weighted by molar-refractivity contribution is 0.0529. The molecule has 0 aliphatic heterocycles. The Kier molecular flexibility index (Phi) is 5.34. The molecule has 0 saturated heterocycles. The van der Waals surface area contributed by atoms with Crippen LogP contribution in [0.5, 0.6) is 0 Å². The zero-order valence-electron chi connectivity index (χ0n) is 12.9. The molecule has 122 valence electrons. The molecular formula is C16H16Cl2N2O3. The molecule has 1 aromatic carbocycles. The van der Waals surface area contributed by atoms with Gasteiger partial charge in [0.1, 0.15) is 17.1 Å². The van der Waals surface area contributed by atoms with Gasteiger partial charge in [0.05, 0.1) is 11.2 Å². The van der Waals surface area contributed by atoms with Gasteiger partial charge in [-0.3, -0.25) is 0 Å². The maximum absolute atomic E-state index is 11.4. The van der Waals surface area contributed by atoms with Crippen molar-refractivity contribution in [2.24, 2.45) is 5.10 Å². The zero-order chi connectivity index (χ0) is 17.0. The van der Waals surface area contributed by atoms with E-state index in [1.165, 1.54) is 6.21 Å². The Morgan fingerprint density at radius 3 is 2.70 bits per heavy atom. The van der Waals surface area contributed by atoms with E-state index in [9.17, 15) is 4.79 Å². The Labute approximate surface area is 144 Å². The quantitative estimate of drug-likeness (QED) is 0.615. The minimum Gasteiger partial charge on any atom is -0.455 e.